The van der Waals surface area contributed by atoms with Gasteiger partial charge in [-0.05, 0) is 30.3 Å². The molecule has 3 aromatic rings. The fourth-order valence-corrected chi connectivity index (χ4v) is 2.70. The molecule has 0 spiro atoms. The highest BCUT2D eigenvalue weighted by Gasteiger charge is 2.19. The first-order valence-electron chi connectivity index (χ1n) is 5.83. The molecule has 3 rings (SSSR count). The number of halogens is 3. The van der Waals surface area contributed by atoms with Gasteiger partial charge in [-0.2, -0.15) is 0 Å². The summed E-state index contributed by atoms with van der Waals surface area (Å²) in [5, 5.41) is 0.623. The number of benzene rings is 2. The molecule has 0 aliphatic carbocycles. The summed E-state index contributed by atoms with van der Waals surface area (Å²) in [7, 11) is 0. The summed E-state index contributed by atoms with van der Waals surface area (Å²) in [4.78, 5) is 15.5. The number of ketones is 1. The van der Waals surface area contributed by atoms with E-state index in [0.29, 0.717) is 16.1 Å². The minimum absolute atomic E-state index is 0.276. The highest BCUT2D eigenvalue weighted by atomic mass is 79.9. The number of aromatic amines is 1. The van der Waals surface area contributed by atoms with Crippen molar-refractivity contribution in [3.8, 4) is 0 Å². The van der Waals surface area contributed by atoms with Crippen molar-refractivity contribution < 1.29 is 9.18 Å². The maximum Gasteiger partial charge on any atom is 0.196 e. The lowest BCUT2D eigenvalue weighted by molar-refractivity contribution is 0.104. The number of hydrogen-bond acceptors (Lipinski definition) is 1. The second kappa shape index (κ2) is 5.04. The molecule has 1 aromatic heterocycles. The second-order valence-corrected chi connectivity index (χ2v) is 5.64. The van der Waals surface area contributed by atoms with Crippen molar-refractivity contribution in [2.45, 2.75) is 0 Å². The van der Waals surface area contributed by atoms with Gasteiger partial charge in [-0.3, -0.25) is 4.79 Å². The van der Waals surface area contributed by atoms with E-state index >= 15 is 0 Å². The largest absolute Gasteiger partial charge is 0.360 e. The van der Waals surface area contributed by atoms with Gasteiger partial charge in [0.2, 0.25) is 0 Å². The zero-order chi connectivity index (χ0) is 14.3. The maximum atomic E-state index is 13.9. The molecule has 0 atom stereocenters. The maximum absolute atomic E-state index is 13.9. The number of rotatable bonds is 2. The van der Waals surface area contributed by atoms with Crippen LogP contribution in [0, 0.1) is 5.82 Å². The highest BCUT2D eigenvalue weighted by molar-refractivity contribution is 9.10. The van der Waals surface area contributed by atoms with Gasteiger partial charge in [0, 0.05) is 27.1 Å². The first-order chi connectivity index (χ1) is 9.58. The molecule has 0 fully saturated rings. The van der Waals surface area contributed by atoms with Crippen LogP contribution in [0.15, 0.2) is 47.1 Å². The van der Waals surface area contributed by atoms with E-state index in [1.165, 1.54) is 12.3 Å². The van der Waals surface area contributed by atoms with Gasteiger partial charge < -0.3 is 4.98 Å². The lowest BCUT2D eigenvalue weighted by Gasteiger charge is -2.04. The van der Waals surface area contributed by atoms with E-state index in [0.717, 1.165) is 4.47 Å². The number of nitrogens with one attached hydrogen (secondary N) is 1. The van der Waals surface area contributed by atoms with Gasteiger partial charge in [-0.15, -0.1) is 0 Å². The van der Waals surface area contributed by atoms with Gasteiger partial charge in [0.1, 0.15) is 5.82 Å². The van der Waals surface area contributed by atoms with Crippen LogP contribution in [0.4, 0.5) is 4.39 Å². The van der Waals surface area contributed by atoms with E-state index < -0.39 is 5.82 Å². The topological polar surface area (TPSA) is 32.9 Å². The van der Waals surface area contributed by atoms with E-state index in [4.69, 9.17) is 11.6 Å². The summed E-state index contributed by atoms with van der Waals surface area (Å²) in [5.41, 5.74) is 1.20. The zero-order valence-electron chi connectivity index (χ0n) is 10.1. The van der Waals surface area contributed by atoms with Crippen LogP contribution in [-0.2, 0) is 0 Å². The van der Waals surface area contributed by atoms with E-state index in [1.807, 2.05) is 0 Å². The standard InChI is InChI=1S/C15H8BrClFNO/c16-8-4-5-11(17)9(6-8)15(20)10-7-19-13-3-1-2-12(18)14(10)13/h1-7,19H. The molecule has 0 aliphatic rings. The molecule has 0 radical (unpaired) electrons. The summed E-state index contributed by atoms with van der Waals surface area (Å²) in [6.45, 7) is 0. The Balaban J connectivity index is 2.21. The van der Waals surface area contributed by atoms with Crippen LogP contribution in [0.25, 0.3) is 10.9 Å². The Morgan fingerprint density at radius 3 is 2.80 bits per heavy atom. The smallest absolute Gasteiger partial charge is 0.196 e. The van der Waals surface area contributed by atoms with Crippen LogP contribution in [0.5, 0.6) is 0 Å². The van der Waals surface area contributed by atoms with Crippen LogP contribution < -0.4 is 0 Å². The van der Waals surface area contributed by atoms with Crippen LogP contribution >= 0.6 is 27.5 Å². The van der Waals surface area contributed by atoms with Crippen molar-refractivity contribution >= 4 is 44.2 Å². The molecule has 2 nitrogen and oxygen atoms in total. The van der Waals surface area contributed by atoms with Crippen LogP contribution in [0.3, 0.4) is 0 Å². The van der Waals surface area contributed by atoms with Crippen molar-refractivity contribution in [1.29, 1.82) is 0 Å². The zero-order valence-corrected chi connectivity index (χ0v) is 12.4. The first-order valence-corrected chi connectivity index (χ1v) is 7.00. The third kappa shape index (κ3) is 2.15. The molecular weight excluding hydrogens is 345 g/mol. The fraction of sp³-hybridized carbons (Fsp3) is 0. The Bertz CT molecular complexity index is 828. The molecular formula is C15H8BrClFNO. The van der Waals surface area contributed by atoms with Gasteiger partial charge in [0.15, 0.2) is 5.78 Å². The number of fused-ring (bicyclic) bond motifs is 1. The molecule has 20 heavy (non-hydrogen) atoms. The first kappa shape index (κ1) is 13.3. The monoisotopic (exact) mass is 351 g/mol. The molecule has 2 aromatic carbocycles. The molecule has 0 saturated carbocycles. The Labute approximate surface area is 127 Å². The fourth-order valence-electron chi connectivity index (χ4n) is 2.14. The van der Waals surface area contributed by atoms with Crippen molar-refractivity contribution in [3.63, 3.8) is 0 Å². The lowest BCUT2D eigenvalue weighted by atomic mass is 10.0. The second-order valence-electron chi connectivity index (χ2n) is 4.32. The predicted molar refractivity (Wildman–Crippen MR) is 80.8 cm³/mol. The van der Waals surface area contributed by atoms with Crippen molar-refractivity contribution in [2.24, 2.45) is 0 Å². The predicted octanol–water partition coefficient (Wildman–Crippen LogP) is 4.95. The molecule has 0 bridgehead atoms. The normalized spacial score (nSPS) is 10.9. The van der Waals surface area contributed by atoms with E-state index in [2.05, 4.69) is 20.9 Å². The Kier molecular flexibility index (Phi) is 3.36. The third-order valence-corrected chi connectivity index (χ3v) is 3.90. The van der Waals surface area contributed by atoms with Gasteiger partial charge in [-0.25, -0.2) is 4.39 Å². The van der Waals surface area contributed by atoms with Crippen molar-refractivity contribution in [2.75, 3.05) is 0 Å². The van der Waals surface area contributed by atoms with Gasteiger partial charge >= 0.3 is 0 Å². The average molecular weight is 353 g/mol. The molecule has 1 N–H and O–H groups in total. The Morgan fingerprint density at radius 2 is 2.00 bits per heavy atom. The van der Waals surface area contributed by atoms with Crippen LogP contribution in [-0.4, -0.2) is 10.8 Å². The molecule has 0 amide bonds. The summed E-state index contributed by atoms with van der Waals surface area (Å²) in [5.74, 6) is -0.745. The number of hydrogen-bond donors (Lipinski definition) is 1. The Hall–Kier alpha value is -1.65. The molecule has 100 valence electrons. The lowest BCUT2D eigenvalue weighted by Crippen LogP contribution is -2.02. The summed E-state index contributed by atoms with van der Waals surface area (Å²) in [6, 6.07) is 9.64. The minimum Gasteiger partial charge on any atom is -0.360 e. The summed E-state index contributed by atoms with van der Waals surface area (Å²) in [6.07, 6.45) is 1.51. The van der Waals surface area contributed by atoms with E-state index in [-0.39, 0.29) is 16.7 Å². The van der Waals surface area contributed by atoms with E-state index in [1.54, 1.807) is 30.3 Å². The SMILES string of the molecule is O=C(c1cc(Br)ccc1Cl)c1c[nH]c2cccc(F)c12. The van der Waals surface area contributed by atoms with Gasteiger partial charge in [-0.1, -0.05) is 33.6 Å². The van der Waals surface area contributed by atoms with Gasteiger partial charge in [0.05, 0.1) is 10.6 Å². The summed E-state index contributed by atoms with van der Waals surface area (Å²) >= 11 is 9.35. The molecule has 1 heterocycles. The minimum atomic E-state index is -0.432. The molecule has 5 heteroatoms. The summed E-state index contributed by atoms with van der Waals surface area (Å²) < 4.78 is 14.7. The molecule has 0 aliphatic heterocycles. The van der Waals surface area contributed by atoms with Crippen LogP contribution in [0.1, 0.15) is 15.9 Å². The number of carbonyl (C=O) groups excluding carboxylic acids is 1. The third-order valence-electron chi connectivity index (χ3n) is 3.07. The van der Waals surface area contributed by atoms with Crippen LogP contribution in [0.2, 0.25) is 5.02 Å². The number of carbonyl (C=O) groups is 1. The average Bonchev–Trinajstić information content (AvgIpc) is 2.86. The van der Waals surface area contributed by atoms with Crippen molar-refractivity contribution in [1.82, 2.24) is 4.98 Å². The number of aromatic nitrogens is 1. The van der Waals surface area contributed by atoms with E-state index in [9.17, 15) is 9.18 Å². The molecule has 0 unspecified atom stereocenters. The van der Waals surface area contributed by atoms with Gasteiger partial charge in [0.25, 0.3) is 0 Å². The highest BCUT2D eigenvalue weighted by Crippen LogP contribution is 2.28. The van der Waals surface area contributed by atoms with Crippen molar-refractivity contribution in [3.05, 3.63) is 69.0 Å². The quantitative estimate of drug-likeness (QED) is 0.650. The Morgan fingerprint density at radius 1 is 1.20 bits per heavy atom. The molecule has 0 saturated heterocycles. The number of H-pyrrole nitrogens is 1.